The average molecular weight is 283 g/mol. The molecule has 2 saturated heterocycles. The van der Waals surface area contributed by atoms with Gasteiger partial charge in [0.25, 0.3) is 0 Å². The normalized spacial score (nSPS) is 29.3. The van der Waals surface area contributed by atoms with E-state index in [2.05, 4.69) is 0 Å². The Balaban J connectivity index is 2.22. The zero-order valence-corrected chi connectivity index (χ0v) is 12.3. The molecular weight excluding hydrogens is 262 g/mol. The van der Waals surface area contributed by atoms with E-state index >= 15 is 0 Å². The highest BCUT2D eigenvalue weighted by Crippen LogP contribution is 2.39. The number of Topliss-reactive ketones (excluding diaryl/α,β-unsaturated/α-hetero) is 1. The van der Waals surface area contributed by atoms with E-state index in [0.29, 0.717) is 19.3 Å². The molecule has 0 N–H and O–H groups in total. The largest absolute Gasteiger partial charge is 0.469 e. The van der Waals surface area contributed by atoms with Gasteiger partial charge in [0.15, 0.2) is 5.78 Å². The van der Waals surface area contributed by atoms with E-state index in [1.807, 2.05) is 0 Å². The van der Waals surface area contributed by atoms with Crippen molar-refractivity contribution < 1.29 is 23.9 Å². The molecule has 0 aliphatic carbocycles. The highest BCUT2D eigenvalue weighted by Gasteiger charge is 2.53. The van der Waals surface area contributed by atoms with E-state index in [-0.39, 0.29) is 17.8 Å². The van der Waals surface area contributed by atoms with Crippen molar-refractivity contribution in [2.75, 3.05) is 7.11 Å². The van der Waals surface area contributed by atoms with Crippen LogP contribution in [0.5, 0.6) is 0 Å². The molecule has 6 heteroatoms. The summed E-state index contributed by atoms with van der Waals surface area (Å²) in [5, 5.41) is 0. The lowest BCUT2D eigenvalue weighted by Gasteiger charge is -2.35. The number of esters is 1. The molecule has 1 amide bonds. The first kappa shape index (κ1) is 14.8. The summed E-state index contributed by atoms with van der Waals surface area (Å²) in [7, 11) is 1.32. The van der Waals surface area contributed by atoms with Crippen molar-refractivity contribution in [1.29, 1.82) is 0 Å². The molecule has 20 heavy (non-hydrogen) atoms. The van der Waals surface area contributed by atoms with E-state index in [1.165, 1.54) is 12.0 Å². The third kappa shape index (κ3) is 2.64. The molecule has 112 valence electrons. The lowest BCUT2D eigenvalue weighted by atomic mass is 9.98. The Kier molecular flexibility index (Phi) is 3.75. The number of fused-ring (bicyclic) bond motifs is 2. The highest BCUT2D eigenvalue weighted by molar-refractivity contribution is 5.91. The first-order chi connectivity index (χ1) is 9.24. The van der Waals surface area contributed by atoms with Crippen LogP contribution in [0.3, 0.4) is 0 Å². The summed E-state index contributed by atoms with van der Waals surface area (Å²) in [4.78, 5) is 37.5. The molecule has 2 aliphatic rings. The van der Waals surface area contributed by atoms with E-state index in [4.69, 9.17) is 9.47 Å². The van der Waals surface area contributed by atoms with Gasteiger partial charge in [-0.2, -0.15) is 0 Å². The van der Waals surface area contributed by atoms with Gasteiger partial charge >= 0.3 is 12.1 Å². The Bertz CT molecular complexity index is 439. The van der Waals surface area contributed by atoms with Gasteiger partial charge in [0.2, 0.25) is 0 Å². The second-order valence-electron chi connectivity index (χ2n) is 6.34. The fourth-order valence-corrected chi connectivity index (χ4v) is 3.00. The lowest BCUT2D eigenvalue weighted by molar-refractivity contribution is -0.146. The Labute approximate surface area is 118 Å². The van der Waals surface area contributed by atoms with Gasteiger partial charge in [-0.15, -0.1) is 0 Å². The highest BCUT2D eigenvalue weighted by atomic mass is 16.6. The number of carbonyl (C=O) groups is 3. The third-order valence-electron chi connectivity index (χ3n) is 3.80. The molecule has 0 aromatic rings. The number of amides is 1. The van der Waals surface area contributed by atoms with Gasteiger partial charge in [0.05, 0.1) is 19.1 Å². The topological polar surface area (TPSA) is 72.9 Å². The summed E-state index contributed by atoms with van der Waals surface area (Å²) in [6, 6.07) is -0.840. The van der Waals surface area contributed by atoms with Crippen LogP contribution in [0, 0.1) is 5.92 Å². The van der Waals surface area contributed by atoms with Gasteiger partial charge in [-0.25, -0.2) is 4.79 Å². The summed E-state index contributed by atoms with van der Waals surface area (Å²) in [6.07, 6.45) is 0.721. The SMILES string of the molecule is COC(=O)[C@@H]1C[C@@H]2C(=O)CCC1N2C(=O)OC(C)(C)C. The van der Waals surface area contributed by atoms with Crippen molar-refractivity contribution in [1.82, 2.24) is 4.90 Å². The Morgan fingerprint density at radius 1 is 1.30 bits per heavy atom. The molecule has 0 aromatic carbocycles. The van der Waals surface area contributed by atoms with Crippen LogP contribution >= 0.6 is 0 Å². The number of ketones is 1. The monoisotopic (exact) mass is 283 g/mol. The minimum Gasteiger partial charge on any atom is -0.469 e. The number of methoxy groups -OCH3 is 1. The molecule has 2 bridgehead atoms. The van der Waals surface area contributed by atoms with Crippen LogP contribution in [0.4, 0.5) is 4.79 Å². The summed E-state index contributed by atoms with van der Waals surface area (Å²) in [5.41, 5.74) is -0.627. The van der Waals surface area contributed by atoms with Crippen LogP contribution in [0.1, 0.15) is 40.0 Å². The second kappa shape index (κ2) is 5.07. The quantitative estimate of drug-likeness (QED) is 0.682. The number of rotatable bonds is 1. The summed E-state index contributed by atoms with van der Waals surface area (Å²) in [5.74, 6) is -0.789. The Hall–Kier alpha value is -1.59. The third-order valence-corrected chi connectivity index (χ3v) is 3.80. The molecule has 0 spiro atoms. The van der Waals surface area contributed by atoms with Crippen LogP contribution in [-0.4, -0.2) is 47.5 Å². The van der Waals surface area contributed by atoms with Crippen molar-refractivity contribution in [3.8, 4) is 0 Å². The van der Waals surface area contributed by atoms with Crippen molar-refractivity contribution in [2.24, 2.45) is 5.92 Å². The zero-order chi connectivity index (χ0) is 15.1. The molecule has 0 saturated carbocycles. The van der Waals surface area contributed by atoms with E-state index < -0.39 is 23.7 Å². The molecule has 2 heterocycles. The number of piperidine rings is 1. The lowest BCUT2D eigenvalue weighted by Crippen LogP contribution is -2.51. The van der Waals surface area contributed by atoms with Gasteiger partial charge in [-0.3, -0.25) is 14.5 Å². The maximum Gasteiger partial charge on any atom is 0.411 e. The summed E-state index contributed by atoms with van der Waals surface area (Å²) in [6.45, 7) is 5.32. The van der Waals surface area contributed by atoms with Gasteiger partial charge in [-0.05, 0) is 33.6 Å². The fraction of sp³-hybridized carbons (Fsp3) is 0.786. The fourth-order valence-electron chi connectivity index (χ4n) is 3.00. The smallest absolute Gasteiger partial charge is 0.411 e. The Morgan fingerprint density at radius 3 is 2.50 bits per heavy atom. The van der Waals surface area contributed by atoms with Crippen molar-refractivity contribution >= 4 is 17.8 Å². The molecular formula is C14H21NO5. The maximum absolute atomic E-state index is 12.3. The predicted molar refractivity (Wildman–Crippen MR) is 70.0 cm³/mol. The second-order valence-corrected chi connectivity index (χ2v) is 6.34. The van der Waals surface area contributed by atoms with Gasteiger partial charge in [0.1, 0.15) is 5.60 Å². The van der Waals surface area contributed by atoms with Gasteiger partial charge in [-0.1, -0.05) is 0 Å². The van der Waals surface area contributed by atoms with E-state index in [1.54, 1.807) is 20.8 Å². The number of hydrogen-bond donors (Lipinski definition) is 0. The van der Waals surface area contributed by atoms with Crippen LogP contribution in [0.25, 0.3) is 0 Å². The summed E-state index contributed by atoms with van der Waals surface area (Å²) >= 11 is 0. The van der Waals surface area contributed by atoms with Crippen LogP contribution in [-0.2, 0) is 19.1 Å². The number of hydrogen-bond acceptors (Lipinski definition) is 5. The van der Waals surface area contributed by atoms with Crippen molar-refractivity contribution in [3.05, 3.63) is 0 Å². The first-order valence-electron chi connectivity index (χ1n) is 6.86. The maximum atomic E-state index is 12.3. The standard InChI is InChI=1S/C14H21NO5/c1-14(2,3)20-13(18)15-9-5-6-11(16)10(15)7-8(9)12(17)19-4/h8-10H,5-7H2,1-4H3/t8-,9?,10-/m1/s1. The minimum absolute atomic E-state index is 0.00138. The number of ether oxygens (including phenoxy) is 2. The molecule has 6 nitrogen and oxygen atoms in total. The van der Waals surface area contributed by atoms with Crippen LogP contribution in [0.2, 0.25) is 0 Å². The molecule has 2 aliphatic heterocycles. The van der Waals surface area contributed by atoms with Crippen molar-refractivity contribution in [2.45, 2.75) is 57.7 Å². The molecule has 2 rings (SSSR count). The molecule has 3 atom stereocenters. The first-order valence-corrected chi connectivity index (χ1v) is 6.86. The molecule has 0 aromatic heterocycles. The number of nitrogens with zero attached hydrogens (tertiary/aromatic N) is 1. The zero-order valence-electron chi connectivity index (χ0n) is 12.3. The van der Waals surface area contributed by atoms with Gasteiger partial charge in [0, 0.05) is 12.5 Å². The molecule has 1 unspecified atom stereocenters. The Morgan fingerprint density at radius 2 is 1.95 bits per heavy atom. The summed E-state index contributed by atoms with van der Waals surface area (Å²) < 4.78 is 10.1. The predicted octanol–water partition coefficient (Wildman–Crippen LogP) is 1.52. The van der Waals surface area contributed by atoms with Crippen LogP contribution < -0.4 is 0 Å². The van der Waals surface area contributed by atoms with Crippen molar-refractivity contribution in [3.63, 3.8) is 0 Å². The molecule has 2 fully saturated rings. The van der Waals surface area contributed by atoms with Gasteiger partial charge < -0.3 is 9.47 Å². The molecule has 0 radical (unpaired) electrons. The van der Waals surface area contributed by atoms with Crippen LogP contribution in [0.15, 0.2) is 0 Å². The number of carbonyl (C=O) groups excluding carboxylic acids is 3. The van der Waals surface area contributed by atoms with E-state index in [0.717, 1.165) is 0 Å². The van der Waals surface area contributed by atoms with E-state index in [9.17, 15) is 14.4 Å². The minimum atomic E-state index is -0.627. The average Bonchev–Trinajstić information content (AvgIpc) is 2.64.